The number of amides is 2. The molecule has 1 heterocycles. The van der Waals surface area contributed by atoms with Gasteiger partial charge in [-0.25, -0.2) is 0 Å². The minimum atomic E-state index is -0.522. The topological polar surface area (TPSA) is 57.7 Å². The lowest BCUT2D eigenvalue weighted by molar-refractivity contribution is -0.158. The predicted octanol–water partition coefficient (Wildman–Crippen LogP) is 0.825. The van der Waals surface area contributed by atoms with Crippen molar-refractivity contribution in [2.75, 3.05) is 19.6 Å². The summed E-state index contributed by atoms with van der Waals surface area (Å²) >= 11 is 0. The van der Waals surface area contributed by atoms with E-state index in [4.69, 9.17) is 0 Å². The molecular formula is C14H22N2O3. The van der Waals surface area contributed by atoms with Crippen LogP contribution in [0.4, 0.5) is 0 Å². The molecule has 0 bridgehead atoms. The molecule has 106 valence electrons. The Kier molecular flexibility index (Phi) is 4.22. The van der Waals surface area contributed by atoms with Crippen molar-refractivity contribution in [1.29, 1.82) is 0 Å². The van der Waals surface area contributed by atoms with E-state index in [2.05, 4.69) is 0 Å². The summed E-state index contributed by atoms with van der Waals surface area (Å²) in [6.07, 6.45) is 4.08. The van der Waals surface area contributed by atoms with Gasteiger partial charge in [-0.3, -0.25) is 14.4 Å². The number of hydrogen-bond donors (Lipinski definition) is 0. The van der Waals surface area contributed by atoms with Crippen LogP contribution >= 0.6 is 0 Å². The second-order valence-electron chi connectivity index (χ2n) is 5.77. The molecule has 0 radical (unpaired) electrons. The highest BCUT2D eigenvalue weighted by molar-refractivity contribution is 6.35. The highest BCUT2D eigenvalue weighted by Crippen LogP contribution is 2.25. The molecule has 0 atom stereocenters. The fraction of sp³-hybridized carbons (Fsp3) is 0.786. The van der Waals surface area contributed by atoms with Crippen molar-refractivity contribution in [1.82, 2.24) is 9.80 Å². The first-order valence-corrected chi connectivity index (χ1v) is 7.13. The highest BCUT2D eigenvalue weighted by Gasteiger charge is 2.35. The van der Waals surface area contributed by atoms with Crippen LogP contribution in [0.1, 0.15) is 39.5 Å². The van der Waals surface area contributed by atoms with E-state index in [0.717, 1.165) is 25.7 Å². The summed E-state index contributed by atoms with van der Waals surface area (Å²) in [5, 5.41) is 0. The molecular weight excluding hydrogens is 244 g/mol. The fourth-order valence-electron chi connectivity index (χ4n) is 2.90. The molecule has 0 N–H and O–H groups in total. The van der Waals surface area contributed by atoms with Crippen LogP contribution in [0, 0.1) is 5.92 Å². The van der Waals surface area contributed by atoms with Crippen LogP contribution in [-0.4, -0.2) is 53.1 Å². The molecule has 0 spiro atoms. The lowest BCUT2D eigenvalue weighted by Gasteiger charge is -2.35. The van der Waals surface area contributed by atoms with Gasteiger partial charge in [0.05, 0.1) is 6.54 Å². The summed E-state index contributed by atoms with van der Waals surface area (Å²) in [5.74, 6) is -0.769. The van der Waals surface area contributed by atoms with Gasteiger partial charge >= 0.3 is 11.8 Å². The third kappa shape index (κ3) is 2.96. The van der Waals surface area contributed by atoms with Crippen LogP contribution in [0.15, 0.2) is 0 Å². The molecule has 0 aromatic rings. The van der Waals surface area contributed by atoms with E-state index in [1.807, 2.05) is 13.8 Å². The number of ketones is 1. The first-order valence-electron chi connectivity index (χ1n) is 7.13. The maximum atomic E-state index is 12.1. The van der Waals surface area contributed by atoms with Gasteiger partial charge in [-0.05, 0) is 26.7 Å². The van der Waals surface area contributed by atoms with Gasteiger partial charge in [-0.15, -0.1) is 0 Å². The molecule has 2 amide bonds. The first kappa shape index (κ1) is 14.0. The number of rotatable bonds is 4. The van der Waals surface area contributed by atoms with Crippen LogP contribution in [0.25, 0.3) is 0 Å². The highest BCUT2D eigenvalue weighted by atomic mass is 16.2. The smallest absolute Gasteiger partial charge is 0.312 e. The standard InChI is InChI=1S/C14H22N2O3/c1-10(2)16-8-7-15(13(18)14(16)19)9-12(17)11-5-3-4-6-11/h10-11H,3-9H2,1-2H3. The zero-order valence-corrected chi connectivity index (χ0v) is 11.7. The average Bonchev–Trinajstić information content (AvgIpc) is 2.88. The number of carbonyl (C=O) groups is 3. The molecule has 0 aromatic carbocycles. The summed E-state index contributed by atoms with van der Waals surface area (Å²) in [5.41, 5.74) is 0. The number of nitrogens with zero attached hydrogens (tertiary/aromatic N) is 2. The largest absolute Gasteiger partial charge is 0.330 e. The van der Waals surface area contributed by atoms with E-state index in [-0.39, 0.29) is 24.3 Å². The summed E-state index contributed by atoms with van der Waals surface area (Å²) in [7, 11) is 0. The van der Waals surface area contributed by atoms with E-state index in [1.165, 1.54) is 4.90 Å². The number of piperazine rings is 1. The van der Waals surface area contributed by atoms with Gasteiger partial charge in [0.1, 0.15) is 0 Å². The molecule has 19 heavy (non-hydrogen) atoms. The average molecular weight is 266 g/mol. The third-order valence-corrected chi connectivity index (χ3v) is 4.12. The van der Waals surface area contributed by atoms with Gasteiger partial charge < -0.3 is 9.80 Å². The van der Waals surface area contributed by atoms with Crippen molar-refractivity contribution in [3.8, 4) is 0 Å². The Labute approximate surface area is 113 Å². The Hall–Kier alpha value is -1.39. The van der Waals surface area contributed by atoms with Crippen molar-refractivity contribution < 1.29 is 14.4 Å². The molecule has 5 nitrogen and oxygen atoms in total. The molecule has 2 fully saturated rings. The molecule has 2 aliphatic rings. The van der Waals surface area contributed by atoms with Crippen molar-refractivity contribution in [2.24, 2.45) is 5.92 Å². The van der Waals surface area contributed by atoms with Gasteiger partial charge in [0.15, 0.2) is 5.78 Å². The zero-order valence-electron chi connectivity index (χ0n) is 11.7. The monoisotopic (exact) mass is 266 g/mol. The Bertz CT molecular complexity index is 386. The number of hydrogen-bond acceptors (Lipinski definition) is 3. The van der Waals surface area contributed by atoms with E-state index in [9.17, 15) is 14.4 Å². The molecule has 0 aromatic heterocycles. The normalized spacial score (nSPS) is 21.6. The Balaban J connectivity index is 1.93. The van der Waals surface area contributed by atoms with Crippen molar-refractivity contribution >= 4 is 17.6 Å². The zero-order chi connectivity index (χ0) is 14.0. The Morgan fingerprint density at radius 1 is 1.16 bits per heavy atom. The first-order chi connectivity index (χ1) is 9.00. The Morgan fingerprint density at radius 2 is 1.79 bits per heavy atom. The fourth-order valence-corrected chi connectivity index (χ4v) is 2.90. The summed E-state index contributed by atoms with van der Waals surface area (Å²) < 4.78 is 0. The van der Waals surface area contributed by atoms with Crippen LogP contribution in [0.3, 0.4) is 0 Å². The summed E-state index contributed by atoms with van der Waals surface area (Å²) in [4.78, 5) is 38.9. The maximum Gasteiger partial charge on any atom is 0.312 e. The minimum Gasteiger partial charge on any atom is -0.330 e. The van der Waals surface area contributed by atoms with Crippen molar-refractivity contribution in [3.05, 3.63) is 0 Å². The van der Waals surface area contributed by atoms with E-state index < -0.39 is 11.8 Å². The van der Waals surface area contributed by atoms with Gasteiger partial charge in [-0.2, -0.15) is 0 Å². The summed E-state index contributed by atoms with van der Waals surface area (Å²) in [6, 6.07) is 0.0316. The van der Waals surface area contributed by atoms with Gasteiger partial charge in [0.25, 0.3) is 0 Å². The number of carbonyl (C=O) groups excluding carboxylic acids is 3. The summed E-state index contributed by atoms with van der Waals surface area (Å²) in [6.45, 7) is 4.90. The number of Topliss-reactive ketones (excluding diaryl/α,β-unsaturated/α-hetero) is 1. The molecule has 1 saturated heterocycles. The molecule has 1 saturated carbocycles. The van der Waals surface area contributed by atoms with E-state index in [0.29, 0.717) is 13.1 Å². The van der Waals surface area contributed by atoms with Crippen molar-refractivity contribution in [2.45, 2.75) is 45.6 Å². The lowest BCUT2D eigenvalue weighted by Crippen LogP contribution is -2.57. The molecule has 0 unspecified atom stereocenters. The van der Waals surface area contributed by atoms with Crippen LogP contribution in [0.5, 0.6) is 0 Å². The molecule has 5 heteroatoms. The molecule has 1 aliphatic carbocycles. The SMILES string of the molecule is CC(C)N1CCN(CC(=O)C2CCCC2)C(=O)C1=O. The van der Waals surface area contributed by atoms with E-state index in [1.54, 1.807) is 4.90 Å². The van der Waals surface area contributed by atoms with Crippen LogP contribution < -0.4 is 0 Å². The predicted molar refractivity (Wildman–Crippen MR) is 70.4 cm³/mol. The second-order valence-corrected chi connectivity index (χ2v) is 5.77. The maximum absolute atomic E-state index is 12.1. The molecule has 2 rings (SSSR count). The van der Waals surface area contributed by atoms with Gasteiger partial charge in [-0.1, -0.05) is 12.8 Å². The van der Waals surface area contributed by atoms with Crippen LogP contribution in [-0.2, 0) is 14.4 Å². The molecule has 1 aliphatic heterocycles. The Morgan fingerprint density at radius 3 is 2.37 bits per heavy atom. The van der Waals surface area contributed by atoms with Gasteiger partial charge in [0.2, 0.25) is 0 Å². The second kappa shape index (κ2) is 5.72. The minimum absolute atomic E-state index is 0.0316. The lowest BCUT2D eigenvalue weighted by atomic mass is 10.0. The van der Waals surface area contributed by atoms with Gasteiger partial charge in [0, 0.05) is 25.0 Å². The van der Waals surface area contributed by atoms with Crippen LogP contribution in [0.2, 0.25) is 0 Å². The third-order valence-electron chi connectivity index (χ3n) is 4.12. The quantitative estimate of drug-likeness (QED) is 0.708. The van der Waals surface area contributed by atoms with Crippen molar-refractivity contribution in [3.63, 3.8) is 0 Å². The van der Waals surface area contributed by atoms with E-state index >= 15 is 0 Å².